The minimum atomic E-state index is -3.26. The van der Waals surface area contributed by atoms with E-state index in [9.17, 15) is 8.42 Å². The summed E-state index contributed by atoms with van der Waals surface area (Å²) in [6, 6.07) is 5.51. The molecule has 7 nitrogen and oxygen atoms in total. The summed E-state index contributed by atoms with van der Waals surface area (Å²) in [5, 5.41) is 4.04. The van der Waals surface area contributed by atoms with Crippen LogP contribution in [0.4, 0.5) is 0 Å². The fourth-order valence-corrected chi connectivity index (χ4v) is 1.81. The van der Waals surface area contributed by atoms with Gasteiger partial charge in [-0.05, 0) is 19.1 Å². The van der Waals surface area contributed by atoms with Crippen LogP contribution >= 0.6 is 0 Å². The van der Waals surface area contributed by atoms with Gasteiger partial charge in [-0.25, -0.2) is 23.1 Å². The fourth-order valence-electron chi connectivity index (χ4n) is 1.42. The minimum Gasteiger partial charge on any atom is -0.234 e. The standard InChI is InChI=1S/C10H13N5O2S/c1-8-4-3-5-9(14-8)15-10(11-7-12-15)6-13-18(2,16)17/h3-5,7,13H,6H2,1-2H3. The second kappa shape index (κ2) is 4.83. The molecule has 0 spiro atoms. The van der Waals surface area contributed by atoms with Crippen molar-refractivity contribution in [2.45, 2.75) is 13.5 Å². The number of nitrogens with zero attached hydrogens (tertiary/aromatic N) is 4. The monoisotopic (exact) mass is 267 g/mol. The molecule has 0 atom stereocenters. The van der Waals surface area contributed by atoms with Crippen LogP contribution < -0.4 is 4.72 Å². The SMILES string of the molecule is Cc1cccc(-n2ncnc2CNS(C)(=O)=O)n1. The molecule has 0 aliphatic heterocycles. The zero-order valence-corrected chi connectivity index (χ0v) is 10.8. The lowest BCUT2D eigenvalue weighted by molar-refractivity contribution is 0.583. The van der Waals surface area contributed by atoms with Crippen molar-refractivity contribution in [2.24, 2.45) is 0 Å². The lowest BCUT2D eigenvalue weighted by atomic mass is 10.4. The second-order valence-corrected chi connectivity index (χ2v) is 5.65. The van der Waals surface area contributed by atoms with Gasteiger partial charge in [0.05, 0.1) is 12.8 Å². The summed E-state index contributed by atoms with van der Waals surface area (Å²) in [7, 11) is -3.26. The Morgan fingerprint density at radius 1 is 1.39 bits per heavy atom. The van der Waals surface area contributed by atoms with E-state index in [1.807, 2.05) is 19.1 Å². The Morgan fingerprint density at radius 3 is 2.83 bits per heavy atom. The molecule has 18 heavy (non-hydrogen) atoms. The van der Waals surface area contributed by atoms with E-state index in [4.69, 9.17) is 0 Å². The van der Waals surface area contributed by atoms with Crippen molar-refractivity contribution >= 4 is 10.0 Å². The number of nitrogens with one attached hydrogen (secondary N) is 1. The van der Waals surface area contributed by atoms with Crippen LogP contribution in [-0.4, -0.2) is 34.4 Å². The van der Waals surface area contributed by atoms with Gasteiger partial charge in [0, 0.05) is 5.69 Å². The smallest absolute Gasteiger partial charge is 0.209 e. The molecule has 0 amide bonds. The molecule has 8 heteroatoms. The van der Waals surface area contributed by atoms with E-state index in [1.165, 1.54) is 11.0 Å². The highest BCUT2D eigenvalue weighted by molar-refractivity contribution is 7.88. The van der Waals surface area contributed by atoms with Crippen LogP contribution in [0.25, 0.3) is 5.82 Å². The molecule has 0 aliphatic rings. The lowest BCUT2D eigenvalue weighted by Crippen LogP contribution is -2.23. The first-order chi connectivity index (χ1) is 8.46. The number of pyridine rings is 1. The Labute approximate surface area is 105 Å². The maximum Gasteiger partial charge on any atom is 0.209 e. The predicted molar refractivity (Wildman–Crippen MR) is 65.6 cm³/mol. The van der Waals surface area contributed by atoms with Crippen LogP contribution in [0.5, 0.6) is 0 Å². The highest BCUT2D eigenvalue weighted by atomic mass is 32.2. The van der Waals surface area contributed by atoms with Crippen LogP contribution in [0.2, 0.25) is 0 Å². The summed E-state index contributed by atoms with van der Waals surface area (Å²) in [4.78, 5) is 8.31. The molecule has 1 N–H and O–H groups in total. The summed E-state index contributed by atoms with van der Waals surface area (Å²) in [6.07, 6.45) is 2.46. The van der Waals surface area contributed by atoms with E-state index < -0.39 is 10.0 Å². The predicted octanol–water partition coefficient (Wildman–Crippen LogP) is 0.0199. The van der Waals surface area contributed by atoms with Crippen LogP contribution in [0.3, 0.4) is 0 Å². The van der Waals surface area contributed by atoms with E-state index >= 15 is 0 Å². The third-order valence-electron chi connectivity index (χ3n) is 2.20. The van der Waals surface area contributed by atoms with Gasteiger partial charge in [-0.1, -0.05) is 6.07 Å². The number of aromatic nitrogens is 4. The third kappa shape index (κ3) is 3.11. The van der Waals surface area contributed by atoms with Gasteiger partial charge in [0.2, 0.25) is 10.0 Å². The molecule has 96 valence electrons. The highest BCUT2D eigenvalue weighted by Gasteiger charge is 2.10. The van der Waals surface area contributed by atoms with Crippen molar-refractivity contribution in [1.29, 1.82) is 0 Å². The lowest BCUT2D eigenvalue weighted by Gasteiger charge is -2.06. The maximum atomic E-state index is 11.0. The minimum absolute atomic E-state index is 0.0778. The van der Waals surface area contributed by atoms with Gasteiger partial charge < -0.3 is 0 Å². The average Bonchev–Trinajstić information content (AvgIpc) is 2.73. The molecular formula is C10H13N5O2S. The highest BCUT2D eigenvalue weighted by Crippen LogP contribution is 2.06. The van der Waals surface area contributed by atoms with Crippen LogP contribution in [0.1, 0.15) is 11.5 Å². The molecule has 0 fully saturated rings. The molecule has 0 saturated heterocycles. The van der Waals surface area contributed by atoms with Crippen LogP contribution in [0, 0.1) is 6.92 Å². The number of aryl methyl sites for hydroxylation is 1. The molecule has 0 unspecified atom stereocenters. The van der Waals surface area contributed by atoms with Gasteiger partial charge >= 0.3 is 0 Å². The van der Waals surface area contributed by atoms with Crippen molar-refractivity contribution in [3.63, 3.8) is 0 Å². The zero-order valence-electron chi connectivity index (χ0n) is 10.0. The van der Waals surface area contributed by atoms with Crippen molar-refractivity contribution < 1.29 is 8.42 Å². The summed E-state index contributed by atoms with van der Waals surface area (Å²) in [5.41, 5.74) is 0.852. The van der Waals surface area contributed by atoms with Crippen molar-refractivity contribution in [3.05, 3.63) is 36.0 Å². The van der Waals surface area contributed by atoms with Gasteiger partial charge in [0.1, 0.15) is 12.2 Å². The fraction of sp³-hybridized carbons (Fsp3) is 0.300. The number of hydrogen-bond acceptors (Lipinski definition) is 5. The molecular weight excluding hydrogens is 254 g/mol. The zero-order chi connectivity index (χ0) is 13.2. The van der Waals surface area contributed by atoms with Crippen molar-refractivity contribution in [2.75, 3.05) is 6.26 Å². The Balaban J connectivity index is 2.28. The summed E-state index contributed by atoms with van der Waals surface area (Å²) < 4.78 is 26.0. The Kier molecular flexibility index (Phi) is 3.39. The quantitative estimate of drug-likeness (QED) is 0.843. The van der Waals surface area contributed by atoms with Gasteiger partial charge in [-0.2, -0.15) is 9.78 Å². The van der Waals surface area contributed by atoms with Gasteiger partial charge in [-0.15, -0.1) is 0 Å². The van der Waals surface area contributed by atoms with Gasteiger partial charge in [-0.3, -0.25) is 0 Å². The Hall–Kier alpha value is -1.80. The summed E-state index contributed by atoms with van der Waals surface area (Å²) >= 11 is 0. The molecule has 0 radical (unpaired) electrons. The van der Waals surface area contributed by atoms with Gasteiger partial charge in [0.25, 0.3) is 0 Å². The third-order valence-corrected chi connectivity index (χ3v) is 2.87. The molecule has 2 rings (SSSR count). The van der Waals surface area contributed by atoms with Crippen LogP contribution in [-0.2, 0) is 16.6 Å². The van der Waals surface area contributed by atoms with E-state index in [0.29, 0.717) is 11.6 Å². The first kappa shape index (κ1) is 12.7. The Bertz CT molecular complexity index is 650. The van der Waals surface area contributed by atoms with Crippen molar-refractivity contribution in [3.8, 4) is 5.82 Å². The molecule has 2 heterocycles. The number of rotatable bonds is 4. The number of sulfonamides is 1. The maximum absolute atomic E-state index is 11.0. The van der Waals surface area contributed by atoms with Crippen molar-refractivity contribution in [1.82, 2.24) is 24.5 Å². The van der Waals surface area contributed by atoms with Gasteiger partial charge in [0.15, 0.2) is 5.82 Å². The normalized spacial score (nSPS) is 11.7. The topological polar surface area (TPSA) is 89.8 Å². The first-order valence-electron chi connectivity index (χ1n) is 5.23. The number of hydrogen-bond donors (Lipinski definition) is 1. The molecule has 0 aromatic carbocycles. The molecule has 2 aromatic rings. The average molecular weight is 267 g/mol. The first-order valence-corrected chi connectivity index (χ1v) is 7.12. The summed E-state index contributed by atoms with van der Waals surface area (Å²) in [5.74, 6) is 1.09. The second-order valence-electron chi connectivity index (χ2n) is 3.82. The molecule has 0 aliphatic carbocycles. The largest absolute Gasteiger partial charge is 0.234 e. The van der Waals surface area contributed by atoms with E-state index in [2.05, 4.69) is 19.8 Å². The van der Waals surface area contributed by atoms with Crippen LogP contribution in [0.15, 0.2) is 24.5 Å². The Morgan fingerprint density at radius 2 is 2.17 bits per heavy atom. The molecule has 2 aromatic heterocycles. The van der Waals surface area contributed by atoms with E-state index in [1.54, 1.807) is 6.07 Å². The molecule has 0 bridgehead atoms. The van der Waals surface area contributed by atoms with E-state index in [-0.39, 0.29) is 6.54 Å². The molecule has 0 saturated carbocycles. The summed E-state index contributed by atoms with van der Waals surface area (Å²) in [6.45, 7) is 1.95. The van der Waals surface area contributed by atoms with E-state index in [0.717, 1.165) is 11.9 Å².